The fourth-order valence-corrected chi connectivity index (χ4v) is 0.750. The van der Waals surface area contributed by atoms with Crippen LogP contribution in [0.1, 0.15) is 27.2 Å². The summed E-state index contributed by atoms with van der Waals surface area (Å²) in [5, 5.41) is 0. The van der Waals surface area contributed by atoms with Gasteiger partial charge in [-0.1, -0.05) is 20.3 Å². The van der Waals surface area contributed by atoms with Crippen LogP contribution in [0, 0.1) is 5.92 Å². The Bertz CT molecular complexity index is 75.7. The van der Waals surface area contributed by atoms with E-state index in [9.17, 15) is 0 Å². The van der Waals surface area contributed by atoms with Gasteiger partial charge in [0.25, 0.3) is 0 Å². The van der Waals surface area contributed by atoms with Gasteiger partial charge in [0.1, 0.15) is 0 Å². The summed E-state index contributed by atoms with van der Waals surface area (Å²) in [4.78, 5) is 0. The summed E-state index contributed by atoms with van der Waals surface area (Å²) in [6, 6.07) is 0. The van der Waals surface area contributed by atoms with Crippen molar-refractivity contribution in [1.82, 2.24) is 0 Å². The molecule has 0 rings (SSSR count). The van der Waals surface area contributed by atoms with Crippen LogP contribution in [0.3, 0.4) is 0 Å². The lowest BCUT2D eigenvalue weighted by Gasteiger charge is -2.18. The molecule has 0 amide bonds. The van der Waals surface area contributed by atoms with E-state index in [-0.39, 0.29) is 0 Å². The van der Waals surface area contributed by atoms with Crippen LogP contribution in [-0.4, -0.2) is 19.3 Å². The van der Waals surface area contributed by atoms with Gasteiger partial charge in [-0.05, 0) is 12.8 Å². The van der Waals surface area contributed by atoms with Crippen LogP contribution in [0.5, 0.6) is 0 Å². The van der Waals surface area contributed by atoms with Gasteiger partial charge in [-0.2, -0.15) is 0 Å². The molecular weight excluding hydrogens is 126 g/mol. The van der Waals surface area contributed by atoms with Gasteiger partial charge >= 0.3 is 0 Å². The molecule has 0 aromatic rings. The third-order valence-corrected chi connectivity index (χ3v) is 1.94. The fraction of sp³-hybridized carbons (Fsp3) is 1.00. The van der Waals surface area contributed by atoms with Gasteiger partial charge in [-0.3, -0.25) is 0 Å². The van der Waals surface area contributed by atoms with E-state index >= 15 is 0 Å². The minimum absolute atomic E-state index is 0.355. The van der Waals surface area contributed by atoms with E-state index in [2.05, 4.69) is 20.8 Å². The summed E-state index contributed by atoms with van der Waals surface area (Å²) in [5.74, 6) is 0.645. The molecule has 2 unspecified atom stereocenters. The van der Waals surface area contributed by atoms with Crippen molar-refractivity contribution in [2.24, 2.45) is 11.7 Å². The summed E-state index contributed by atoms with van der Waals surface area (Å²) < 4.78 is 5.42. The standard InChI is InChI=1S/C8H19NO/c1-4-7(2)8(3)10-6-5-9/h7-8H,4-6,9H2,1-3H3. The van der Waals surface area contributed by atoms with Crippen molar-refractivity contribution in [3.05, 3.63) is 0 Å². The van der Waals surface area contributed by atoms with Crippen LogP contribution >= 0.6 is 0 Å². The smallest absolute Gasteiger partial charge is 0.0592 e. The Morgan fingerprint density at radius 2 is 2.00 bits per heavy atom. The fourth-order valence-electron chi connectivity index (χ4n) is 0.750. The van der Waals surface area contributed by atoms with E-state index in [1.54, 1.807) is 0 Å². The van der Waals surface area contributed by atoms with Gasteiger partial charge in [-0.15, -0.1) is 0 Å². The average Bonchev–Trinajstić information content (AvgIpc) is 1.98. The van der Waals surface area contributed by atoms with E-state index < -0.39 is 0 Å². The lowest BCUT2D eigenvalue weighted by atomic mass is 10.0. The van der Waals surface area contributed by atoms with Crippen LogP contribution < -0.4 is 5.73 Å². The first-order valence-corrected chi connectivity index (χ1v) is 4.04. The van der Waals surface area contributed by atoms with Crippen molar-refractivity contribution in [1.29, 1.82) is 0 Å². The van der Waals surface area contributed by atoms with Gasteiger partial charge in [0, 0.05) is 6.54 Å². The molecule has 0 bridgehead atoms. The molecule has 2 atom stereocenters. The Labute approximate surface area is 63.7 Å². The largest absolute Gasteiger partial charge is 0.377 e. The first kappa shape index (κ1) is 9.92. The van der Waals surface area contributed by atoms with Crippen LogP contribution in [0.25, 0.3) is 0 Å². The van der Waals surface area contributed by atoms with Crippen LogP contribution in [0.15, 0.2) is 0 Å². The molecule has 0 saturated carbocycles. The minimum atomic E-state index is 0.355. The van der Waals surface area contributed by atoms with Crippen molar-refractivity contribution in [2.75, 3.05) is 13.2 Å². The van der Waals surface area contributed by atoms with Crippen LogP contribution in [0.4, 0.5) is 0 Å². The Hall–Kier alpha value is -0.0800. The summed E-state index contributed by atoms with van der Waals surface area (Å²) in [7, 11) is 0. The van der Waals surface area contributed by atoms with Crippen molar-refractivity contribution >= 4 is 0 Å². The van der Waals surface area contributed by atoms with Gasteiger partial charge < -0.3 is 10.5 Å². The zero-order chi connectivity index (χ0) is 7.98. The van der Waals surface area contributed by atoms with Gasteiger partial charge in [0.05, 0.1) is 12.7 Å². The number of nitrogens with two attached hydrogens (primary N) is 1. The van der Waals surface area contributed by atoms with E-state index in [1.165, 1.54) is 6.42 Å². The van der Waals surface area contributed by atoms with E-state index in [4.69, 9.17) is 10.5 Å². The number of ether oxygens (including phenoxy) is 1. The third kappa shape index (κ3) is 3.85. The van der Waals surface area contributed by atoms with Crippen LogP contribution in [0.2, 0.25) is 0 Å². The Balaban J connectivity index is 3.31. The first-order chi connectivity index (χ1) is 4.72. The highest BCUT2D eigenvalue weighted by Crippen LogP contribution is 2.09. The number of rotatable bonds is 5. The molecule has 0 radical (unpaired) electrons. The molecule has 0 saturated heterocycles. The SMILES string of the molecule is CCC(C)C(C)OCCN. The van der Waals surface area contributed by atoms with Crippen molar-refractivity contribution in [3.8, 4) is 0 Å². The summed E-state index contributed by atoms with van der Waals surface area (Å²) in [5.41, 5.74) is 5.29. The minimum Gasteiger partial charge on any atom is -0.377 e. The summed E-state index contributed by atoms with van der Waals surface area (Å²) in [6.07, 6.45) is 1.53. The second-order valence-electron chi connectivity index (χ2n) is 2.75. The Morgan fingerprint density at radius 1 is 1.40 bits per heavy atom. The average molecular weight is 145 g/mol. The first-order valence-electron chi connectivity index (χ1n) is 4.04. The Kier molecular flexibility index (Phi) is 5.64. The van der Waals surface area contributed by atoms with E-state index in [0.29, 0.717) is 25.2 Å². The maximum atomic E-state index is 5.42. The normalized spacial score (nSPS) is 16.8. The topological polar surface area (TPSA) is 35.2 Å². The Morgan fingerprint density at radius 3 is 2.40 bits per heavy atom. The molecule has 0 aromatic carbocycles. The monoisotopic (exact) mass is 145 g/mol. The van der Waals surface area contributed by atoms with Gasteiger partial charge in [0.15, 0.2) is 0 Å². The highest BCUT2D eigenvalue weighted by molar-refractivity contribution is 4.58. The zero-order valence-electron chi connectivity index (χ0n) is 7.26. The second kappa shape index (κ2) is 5.69. The molecule has 2 N–H and O–H groups in total. The van der Waals surface area contributed by atoms with Crippen molar-refractivity contribution in [2.45, 2.75) is 33.3 Å². The quantitative estimate of drug-likeness (QED) is 0.634. The maximum Gasteiger partial charge on any atom is 0.0592 e. The third-order valence-electron chi connectivity index (χ3n) is 1.94. The lowest BCUT2D eigenvalue weighted by Crippen LogP contribution is -2.21. The molecule has 0 fully saturated rings. The highest BCUT2D eigenvalue weighted by atomic mass is 16.5. The summed E-state index contributed by atoms with van der Waals surface area (Å²) in [6.45, 7) is 7.78. The molecule has 10 heavy (non-hydrogen) atoms. The summed E-state index contributed by atoms with van der Waals surface area (Å²) >= 11 is 0. The molecule has 2 nitrogen and oxygen atoms in total. The van der Waals surface area contributed by atoms with Crippen LogP contribution in [-0.2, 0) is 4.74 Å². The van der Waals surface area contributed by atoms with Crippen molar-refractivity contribution < 1.29 is 4.74 Å². The van der Waals surface area contributed by atoms with E-state index in [1.807, 2.05) is 0 Å². The molecule has 0 spiro atoms. The highest BCUT2D eigenvalue weighted by Gasteiger charge is 2.08. The molecule has 0 aliphatic carbocycles. The predicted molar refractivity (Wildman–Crippen MR) is 43.9 cm³/mol. The number of hydrogen-bond donors (Lipinski definition) is 1. The molecule has 0 aliphatic rings. The molecular formula is C8H19NO. The van der Waals surface area contributed by atoms with E-state index in [0.717, 1.165) is 0 Å². The van der Waals surface area contributed by atoms with Crippen molar-refractivity contribution in [3.63, 3.8) is 0 Å². The number of hydrogen-bond acceptors (Lipinski definition) is 2. The molecule has 0 aliphatic heterocycles. The van der Waals surface area contributed by atoms with Gasteiger partial charge in [-0.25, -0.2) is 0 Å². The molecule has 62 valence electrons. The maximum absolute atomic E-state index is 5.42. The molecule has 0 heterocycles. The second-order valence-corrected chi connectivity index (χ2v) is 2.75. The molecule has 0 aromatic heterocycles. The zero-order valence-corrected chi connectivity index (χ0v) is 7.26. The lowest BCUT2D eigenvalue weighted by molar-refractivity contribution is 0.0341. The predicted octanol–water partition coefficient (Wildman–Crippen LogP) is 1.40. The molecule has 2 heteroatoms. The van der Waals surface area contributed by atoms with Gasteiger partial charge in [0.2, 0.25) is 0 Å².